The Morgan fingerprint density at radius 1 is 1.25 bits per heavy atom. The lowest BCUT2D eigenvalue weighted by Gasteiger charge is -2.04. The third-order valence-electron chi connectivity index (χ3n) is 1.65. The van der Waals surface area contributed by atoms with Crippen molar-refractivity contribution < 1.29 is 0 Å². The number of aromatic nitrogens is 2. The summed E-state index contributed by atoms with van der Waals surface area (Å²) in [6, 6.07) is 0. The minimum atomic E-state index is 0.231. The van der Waals surface area contributed by atoms with Crippen molar-refractivity contribution in [2.75, 3.05) is 0 Å². The Hall–Kier alpha value is -0.340. The fourth-order valence-corrected chi connectivity index (χ4v) is 1.40. The Labute approximate surface area is 81.9 Å². The highest BCUT2D eigenvalue weighted by Crippen LogP contribution is 2.18. The van der Waals surface area contributed by atoms with E-state index < -0.39 is 0 Å². The average molecular weight is 205 g/mol. The second-order valence-corrected chi connectivity index (χ2v) is 3.30. The largest absolute Gasteiger partial charge is 0.224 e. The maximum atomic E-state index is 5.82. The van der Waals surface area contributed by atoms with Crippen LogP contribution in [0, 0.1) is 6.92 Å². The van der Waals surface area contributed by atoms with Gasteiger partial charge in [0.25, 0.3) is 0 Å². The minimum absolute atomic E-state index is 0.231. The molecule has 1 heterocycles. The summed E-state index contributed by atoms with van der Waals surface area (Å²) in [6.45, 7) is 3.99. The van der Waals surface area contributed by atoms with Crippen molar-refractivity contribution in [1.29, 1.82) is 0 Å². The van der Waals surface area contributed by atoms with Crippen LogP contribution in [0.5, 0.6) is 0 Å². The van der Waals surface area contributed by atoms with Gasteiger partial charge < -0.3 is 0 Å². The average Bonchev–Trinajstić information content (AvgIpc) is 2.00. The van der Waals surface area contributed by atoms with Crippen LogP contribution in [0.4, 0.5) is 0 Å². The summed E-state index contributed by atoms with van der Waals surface area (Å²) in [5, 5.41) is 0.688. The van der Waals surface area contributed by atoms with Gasteiger partial charge in [-0.15, -0.1) is 0 Å². The molecule has 0 bridgehead atoms. The molecule has 1 aromatic rings. The lowest BCUT2D eigenvalue weighted by atomic mass is 10.2. The Morgan fingerprint density at radius 2 is 1.92 bits per heavy atom. The van der Waals surface area contributed by atoms with E-state index in [2.05, 4.69) is 16.9 Å². The highest BCUT2D eigenvalue weighted by Gasteiger charge is 2.06. The monoisotopic (exact) mass is 204 g/mol. The van der Waals surface area contributed by atoms with Gasteiger partial charge in [-0.25, -0.2) is 9.97 Å². The number of aryl methyl sites for hydroxylation is 1. The van der Waals surface area contributed by atoms with Crippen molar-refractivity contribution in [3.63, 3.8) is 0 Å². The Balaban J connectivity index is 3.09. The number of nitrogens with zero attached hydrogens (tertiary/aromatic N) is 2. The number of rotatable bonds is 2. The van der Waals surface area contributed by atoms with Gasteiger partial charge in [-0.3, -0.25) is 0 Å². The van der Waals surface area contributed by atoms with Gasteiger partial charge in [-0.05, 0) is 24.9 Å². The first-order valence-electron chi connectivity index (χ1n) is 3.83. The van der Waals surface area contributed by atoms with Crippen LogP contribution < -0.4 is 0 Å². The molecule has 1 rings (SSSR count). The predicted molar refractivity (Wildman–Crippen MR) is 50.8 cm³/mol. The molecule has 0 unspecified atom stereocenters. The van der Waals surface area contributed by atoms with E-state index in [-0.39, 0.29) is 5.28 Å². The summed E-state index contributed by atoms with van der Waals surface area (Å²) in [5.74, 6) is 0. The molecule has 12 heavy (non-hydrogen) atoms. The number of hydrogen-bond acceptors (Lipinski definition) is 2. The van der Waals surface area contributed by atoms with Crippen LogP contribution >= 0.6 is 23.2 Å². The van der Waals surface area contributed by atoms with Gasteiger partial charge >= 0.3 is 0 Å². The van der Waals surface area contributed by atoms with Gasteiger partial charge in [0.15, 0.2) is 0 Å². The van der Waals surface area contributed by atoms with Crippen molar-refractivity contribution in [2.45, 2.75) is 26.7 Å². The SMILES string of the molecule is CCCc1nc(Cl)nc(Cl)c1C. The molecule has 1 aromatic heterocycles. The van der Waals surface area contributed by atoms with Gasteiger partial charge in [0.05, 0.1) is 0 Å². The van der Waals surface area contributed by atoms with Gasteiger partial charge in [0.1, 0.15) is 5.15 Å². The topological polar surface area (TPSA) is 25.8 Å². The van der Waals surface area contributed by atoms with E-state index in [9.17, 15) is 0 Å². The molecule has 4 heteroatoms. The first-order valence-corrected chi connectivity index (χ1v) is 4.59. The first-order chi connectivity index (χ1) is 5.65. The molecule has 0 fully saturated rings. The summed E-state index contributed by atoms with van der Waals surface area (Å²) >= 11 is 11.5. The van der Waals surface area contributed by atoms with E-state index in [0.717, 1.165) is 24.1 Å². The summed E-state index contributed by atoms with van der Waals surface area (Å²) in [4.78, 5) is 7.93. The van der Waals surface area contributed by atoms with E-state index >= 15 is 0 Å². The zero-order valence-corrected chi connectivity index (χ0v) is 8.58. The Morgan fingerprint density at radius 3 is 2.50 bits per heavy atom. The molecule has 0 saturated heterocycles. The number of hydrogen-bond donors (Lipinski definition) is 0. The molecule has 0 aliphatic heterocycles. The van der Waals surface area contributed by atoms with E-state index in [1.807, 2.05) is 6.92 Å². The van der Waals surface area contributed by atoms with Gasteiger partial charge in [0.2, 0.25) is 5.28 Å². The molecule has 0 amide bonds. The van der Waals surface area contributed by atoms with Crippen LogP contribution in [0.3, 0.4) is 0 Å². The summed E-state index contributed by atoms with van der Waals surface area (Å²) in [7, 11) is 0. The van der Waals surface area contributed by atoms with Crippen molar-refractivity contribution in [1.82, 2.24) is 9.97 Å². The molecule has 0 N–H and O–H groups in total. The second-order valence-electron chi connectivity index (χ2n) is 2.61. The molecule has 0 atom stereocenters. The summed E-state index contributed by atoms with van der Waals surface area (Å²) in [6.07, 6.45) is 1.93. The highest BCUT2D eigenvalue weighted by atomic mass is 35.5. The van der Waals surface area contributed by atoms with Crippen molar-refractivity contribution >= 4 is 23.2 Å². The van der Waals surface area contributed by atoms with E-state index in [1.165, 1.54) is 0 Å². The lowest BCUT2D eigenvalue weighted by molar-refractivity contribution is 0.859. The third kappa shape index (κ3) is 2.08. The minimum Gasteiger partial charge on any atom is -0.223 e. The highest BCUT2D eigenvalue weighted by molar-refractivity contribution is 6.32. The normalized spacial score (nSPS) is 10.3. The van der Waals surface area contributed by atoms with E-state index in [4.69, 9.17) is 23.2 Å². The Bertz CT molecular complexity index is 287. The van der Waals surface area contributed by atoms with Crippen molar-refractivity contribution in [3.05, 3.63) is 21.7 Å². The molecular weight excluding hydrogens is 195 g/mol. The van der Waals surface area contributed by atoms with E-state index in [1.54, 1.807) is 0 Å². The zero-order valence-electron chi connectivity index (χ0n) is 7.06. The molecule has 0 spiro atoms. The summed E-state index contributed by atoms with van der Waals surface area (Å²) < 4.78 is 0. The van der Waals surface area contributed by atoms with Crippen LogP contribution in [0.1, 0.15) is 24.6 Å². The molecular formula is C8H10Cl2N2. The molecule has 0 aliphatic carbocycles. The summed E-state index contributed by atoms with van der Waals surface area (Å²) in [5.41, 5.74) is 1.88. The maximum Gasteiger partial charge on any atom is 0.224 e. The van der Waals surface area contributed by atoms with Crippen molar-refractivity contribution in [3.8, 4) is 0 Å². The molecule has 2 nitrogen and oxygen atoms in total. The molecule has 0 radical (unpaired) electrons. The molecule has 0 saturated carbocycles. The van der Waals surface area contributed by atoms with Crippen LogP contribution in [0.25, 0.3) is 0 Å². The van der Waals surface area contributed by atoms with Crippen LogP contribution in [0.15, 0.2) is 0 Å². The van der Waals surface area contributed by atoms with Gasteiger partial charge in [0, 0.05) is 11.3 Å². The van der Waals surface area contributed by atoms with Crippen LogP contribution in [-0.2, 0) is 6.42 Å². The predicted octanol–water partition coefficient (Wildman–Crippen LogP) is 3.04. The van der Waals surface area contributed by atoms with Gasteiger partial charge in [-0.2, -0.15) is 0 Å². The first kappa shape index (κ1) is 9.75. The fraction of sp³-hybridized carbons (Fsp3) is 0.500. The van der Waals surface area contributed by atoms with Gasteiger partial charge in [-0.1, -0.05) is 24.9 Å². The van der Waals surface area contributed by atoms with E-state index in [0.29, 0.717) is 5.15 Å². The Kier molecular flexibility index (Phi) is 3.29. The second kappa shape index (κ2) is 4.06. The van der Waals surface area contributed by atoms with Crippen LogP contribution in [0.2, 0.25) is 10.4 Å². The third-order valence-corrected chi connectivity index (χ3v) is 2.18. The molecule has 0 aliphatic rings. The molecule has 66 valence electrons. The van der Waals surface area contributed by atoms with Crippen LogP contribution in [-0.4, -0.2) is 9.97 Å². The quantitative estimate of drug-likeness (QED) is 0.547. The molecule has 0 aromatic carbocycles. The lowest BCUT2D eigenvalue weighted by Crippen LogP contribution is -1.97. The zero-order chi connectivity index (χ0) is 9.14. The van der Waals surface area contributed by atoms with Crippen molar-refractivity contribution in [2.24, 2.45) is 0 Å². The number of halogens is 2. The fourth-order valence-electron chi connectivity index (χ4n) is 0.984. The maximum absolute atomic E-state index is 5.82. The smallest absolute Gasteiger partial charge is 0.223 e. The standard InChI is InChI=1S/C8H10Cl2N2/c1-3-4-6-5(2)7(9)12-8(10)11-6/h3-4H2,1-2H3.